The highest BCUT2D eigenvalue weighted by molar-refractivity contribution is 7.09. The van der Waals surface area contributed by atoms with Gasteiger partial charge in [-0.25, -0.2) is 4.98 Å². The molecule has 2 unspecified atom stereocenters. The normalized spacial score (nSPS) is 15.0. The van der Waals surface area contributed by atoms with E-state index in [0.717, 1.165) is 19.6 Å². The Labute approximate surface area is 115 Å². The average Bonchev–Trinajstić information content (AvgIpc) is 2.83. The molecule has 0 amide bonds. The number of hydrogen-bond donors (Lipinski definition) is 1. The van der Waals surface area contributed by atoms with Crippen molar-refractivity contribution in [1.82, 2.24) is 10.3 Å². The second-order valence-corrected chi connectivity index (χ2v) is 5.97. The van der Waals surface area contributed by atoms with Gasteiger partial charge >= 0.3 is 0 Å². The summed E-state index contributed by atoms with van der Waals surface area (Å²) < 4.78 is 5.11. The fourth-order valence-electron chi connectivity index (χ4n) is 1.79. The lowest BCUT2D eigenvalue weighted by Gasteiger charge is -2.22. The van der Waals surface area contributed by atoms with Gasteiger partial charge in [-0.2, -0.15) is 0 Å². The highest BCUT2D eigenvalue weighted by Crippen LogP contribution is 2.28. The summed E-state index contributed by atoms with van der Waals surface area (Å²) in [5, 5.41) is 6.96. The molecular formula is C14H26N2OS. The van der Waals surface area contributed by atoms with Gasteiger partial charge in [-0.05, 0) is 11.8 Å². The molecule has 0 bridgehead atoms. The minimum atomic E-state index is 0.350. The molecule has 1 rings (SSSR count). The van der Waals surface area contributed by atoms with E-state index >= 15 is 0 Å². The molecule has 1 aromatic heterocycles. The van der Waals surface area contributed by atoms with E-state index < -0.39 is 0 Å². The standard InChI is InChI=1S/C14H26N2OS/c1-6-11(4)13(15-7-8-17-5)14-16-12(9-18-14)10(2)3/h9-11,13,15H,6-8H2,1-5H3. The van der Waals surface area contributed by atoms with E-state index in [4.69, 9.17) is 9.72 Å². The number of nitrogens with zero attached hydrogens (tertiary/aromatic N) is 1. The topological polar surface area (TPSA) is 34.1 Å². The van der Waals surface area contributed by atoms with E-state index in [-0.39, 0.29) is 0 Å². The van der Waals surface area contributed by atoms with Gasteiger partial charge in [-0.15, -0.1) is 11.3 Å². The van der Waals surface area contributed by atoms with Gasteiger partial charge in [-0.1, -0.05) is 34.1 Å². The first-order valence-electron chi connectivity index (χ1n) is 6.77. The molecule has 0 saturated heterocycles. The largest absolute Gasteiger partial charge is 0.383 e. The van der Waals surface area contributed by atoms with Gasteiger partial charge in [0.1, 0.15) is 5.01 Å². The van der Waals surface area contributed by atoms with Crippen LogP contribution in [0.1, 0.15) is 56.8 Å². The van der Waals surface area contributed by atoms with Crippen LogP contribution in [-0.4, -0.2) is 25.2 Å². The highest BCUT2D eigenvalue weighted by Gasteiger charge is 2.21. The number of ether oxygens (including phenoxy) is 1. The maximum atomic E-state index is 5.11. The maximum Gasteiger partial charge on any atom is 0.110 e. The Morgan fingerprint density at radius 3 is 2.61 bits per heavy atom. The molecule has 4 heteroatoms. The third-order valence-corrected chi connectivity index (χ3v) is 4.23. The second-order valence-electron chi connectivity index (χ2n) is 5.08. The Balaban J connectivity index is 2.73. The molecular weight excluding hydrogens is 244 g/mol. The van der Waals surface area contributed by atoms with Crippen molar-refractivity contribution in [3.8, 4) is 0 Å². The Kier molecular flexibility index (Phi) is 6.82. The predicted molar refractivity (Wildman–Crippen MR) is 78.3 cm³/mol. The molecule has 1 heterocycles. The van der Waals surface area contributed by atoms with Gasteiger partial charge in [0.15, 0.2) is 0 Å². The van der Waals surface area contributed by atoms with Crippen molar-refractivity contribution in [2.24, 2.45) is 5.92 Å². The lowest BCUT2D eigenvalue weighted by atomic mass is 9.99. The summed E-state index contributed by atoms with van der Waals surface area (Å²) in [5.74, 6) is 1.10. The molecule has 0 radical (unpaired) electrons. The van der Waals surface area contributed by atoms with Crippen LogP contribution in [0.2, 0.25) is 0 Å². The summed E-state index contributed by atoms with van der Waals surface area (Å²) in [6.07, 6.45) is 1.15. The van der Waals surface area contributed by atoms with Crippen molar-refractivity contribution in [2.45, 2.75) is 46.1 Å². The summed E-state index contributed by atoms with van der Waals surface area (Å²) in [4.78, 5) is 4.77. The summed E-state index contributed by atoms with van der Waals surface area (Å²) in [6, 6.07) is 0.350. The Bertz CT molecular complexity index is 338. The summed E-state index contributed by atoms with van der Waals surface area (Å²) >= 11 is 1.77. The zero-order valence-corrected chi connectivity index (χ0v) is 13.0. The molecule has 1 N–H and O–H groups in total. The van der Waals surface area contributed by atoms with Crippen molar-refractivity contribution >= 4 is 11.3 Å². The van der Waals surface area contributed by atoms with E-state index in [1.165, 1.54) is 10.7 Å². The molecule has 3 nitrogen and oxygen atoms in total. The van der Waals surface area contributed by atoms with Gasteiger partial charge < -0.3 is 10.1 Å². The molecule has 18 heavy (non-hydrogen) atoms. The van der Waals surface area contributed by atoms with Crippen molar-refractivity contribution in [2.75, 3.05) is 20.3 Å². The summed E-state index contributed by atoms with van der Waals surface area (Å²) in [7, 11) is 1.74. The fraction of sp³-hybridized carbons (Fsp3) is 0.786. The molecule has 0 aliphatic heterocycles. The lowest BCUT2D eigenvalue weighted by molar-refractivity contribution is 0.191. The third kappa shape index (κ3) is 4.34. The van der Waals surface area contributed by atoms with Crippen LogP contribution in [0.15, 0.2) is 5.38 Å². The van der Waals surface area contributed by atoms with E-state index in [1.807, 2.05) is 0 Å². The summed E-state index contributed by atoms with van der Waals surface area (Å²) in [5.41, 5.74) is 1.21. The second kappa shape index (κ2) is 7.87. The number of nitrogens with one attached hydrogen (secondary N) is 1. The maximum absolute atomic E-state index is 5.11. The van der Waals surface area contributed by atoms with Gasteiger partial charge in [-0.3, -0.25) is 0 Å². The van der Waals surface area contributed by atoms with Crippen LogP contribution in [-0.2, 0) is 4.74 Å². The number of methoxy groups -OCH3 is 1. The van der Waals surface area contributed by atoms with Crippen LogP contribution >= 0.6 is 11.3 Å². The number of hydrogen-bond acceptors (Lipinski definition) is 4. The molecule has 0 fully saturated rings. The number of aromatic nitrogens is 1. The zero-order valence-electron chi connectivity index (χ0n) is 12.2. The SMILES string of the molecule is CCC(C)C(NCCOC)c1nc(C(C)C)cs1. The fourth-order valence-corrected chi connectivity index (χ4v) is 2.98. The molecule has 0 spiro atoms. The molecule has 0 aliphatic rings. The first kappa shape index (κ1) is 15.6. The van der Waals surface area contributed by atoms with Crippen LogP contribution in [0.3, 0.4) is 0 Å². The van der Waals surface area contributed by atoms with E-state index in [9.17, 15) is 0 Å². The van der Waals surface area contributed by atoms with Crippen LogP contribution in [0.5, 0.6) is 0 Å². The Morgan fingerprint density at radius 1 is 1.39 bits per heavy atom. The third-order valence-electron chi connectivity index (χ3n) is 3.28. The zero-order chi connectivity index (χ0) is 13.5. The number of thiazole rings is 1. The molecule has 0 aromatic carbocycles. The lowest BCUT2D eigenvalue weighted by Crippen LogP contribution is -2.29. The van der Waals surface area contributed by atoms with Crippen LogP contribution < -0.4 is 5.32 Å². The van der Waals surface area contributed by atoms with E-state index in [2.05, 4.69) is 38.4 Å². The molecule has 104 valence electrons. The van der Waals surface area contributed by atoms with Crippen LogP contribution in [0.25, 0.3) is 0 Å². The number of rotatable bonds is 8. The van der Waals surface area contributed by atoms with E-state index in [0.29, 0.717) is 17.9 Å². The molecule has 0 aliphatic carbocycles. The molecule has 2 atom stereocenters. The van der Waals surface area contributed by atoms with Gasteiger partial charge in [0.25, 0.3) is 0 Å². The van der Waals surface area contributed by atoms with Gasteiger partial charge in [0.05, 0.1) is 18.3 Å². The highest BCUT2D eigenvalue weighted by atomic mass is 32.1. The van der Waals surface area contributed by atoms with Crippen molar-refractivity contribution < 1.29 is 4.74 Å². The minimum absolute atomic E-state index is 0.350. The average molecular weight is 270 g/mol. The quantitative estimate of drug-likeness (QED) is 0.733. The molecule has 0 saturated carbocycles. The van der Waals surface area contributed by atoms with Crippen molar-refractivity contribution in [3.05, 3.63) is 16.1 Å². The first-order valence-corrected chi connectivity index (χ1v) is 7.65. The van der Waals surface area contributed by atoms with Crippen molar-refractivity contribution in [3.63, 3.8) is 0 Å². The first-order chi connectivity index (χ1) is 8.60. The molecule has 1 aromatic rings. The van der Waals surface area contributed by atoms with Crippen molar-refractivity contribution in [1.29, 1.82) is 0 Å². The van der Waals surface area contributed by atoms with Gasteiger partial charge in [0.2, 0.25) is 0 Å². The monoisotopic (exact) mass is 270 g/mol. The smallest absolute Gasteiger partial charge is 0.110 e. The predicted octanol–water partition coefficient (Wildman–Crippen LogP) is 3.59. The van der Waals surface area contributed by atoms with Crippen LogP contribution in [0, 0.1) is 5.92 Å². The minimum Gasteiger partial charge on any atom is -0.383 e. The Hall–Kier alpha value is -0.450. The van der Waals surface area contributed by atoms with Crippen LogP contribution in [0.4, 0.5) is 0 Å². The van der Waals surface area contributed by atoms with E-state index in [1.54, 1.807) is 18.4 Å². The Morgan fingerprint density at radius 2 is 2.11 bits per heavy atom. The summed E-state index contributed by atoms with van der Waals surface area (Å²) in [6.45, 7) is 10.5. The van der Waals surface area contributed by atoms with Gasteiger partial charge in [0, 0.05) is 19.0 Å².